The highest BCUT2D eigenvalue weighted by Gasteiger charge is 2.19. The monoisotopic (exact) mass is 746 g/mol. The van der Waals surface area contributed by atoms with Crippen LogP contribution >= 0.6 is 11.3 Å². The summed E-state index contributed by atoms with van der Waals surface area (Å²) >= 11 is 1.84. The van der Waals surface area contributed by atoms with Crippen molar-refractivity contribution in [2.45, 2.75) is 0 Å². The number of nitrogens with zero attached hydrogens (tertiary/aromatic N) is 4. The Bertz CT molecular complexity index is 3420. The van der Waals surface area contributed by atoms with Gasteiger partial charge in [0.2, 0.25) is 0 Å². The number of thiophene rings is 1. The molecule has 0 N–H and O–H groups in total. The van der Waals surface area contributed by atoms with Crippen molar-refractivity contribution in [1.29, 1.82) is 0 Å². The molecule has 0 aliphatic heterocycles. The molecule has 0 unspecified atom stereocenters. The topological polar surface area (TPSA) is 56.7 Å². The van der Waals surface area contributed by atoms with E-state index >= 15 is 0 Å². The van der Waals surface area contributed by atoms with Crippen molar-refractivity contribution < 1.29 is 4.42 Å². The minimum Gasteiger partial charge on any atom is -0.455 e. The van der Waals surface area contributed by atoms with Crippen molar-refractivity contribution in [2.75, 3.05) is 0 Å². The molecular formula is C51H30N4OS. The van der Waals surface area contributed by atoms with E-state index < -0.39 is 0 Å². The molecule has 0 amide bonds. The fourth-order valence-corrected chi connectivity index (χ4v) is 9.55. The molecular weight excluding hydrogens is 717 g/mol. The fourth-order valence-electron chi connectivity index (χ4n) is 8.45. The third-order valence-corrected chi connectivity index (χ3v) is 12.2. The van der Waals surface area contributed by atoms with E-state index in [2.05, 4.69) is 114 Å². The van der Waals surface area contributed by atoms with Crippen molar-refractivity contribution in [2.24, 2.45) is 0 Å². The zero-order valence-corrected chi connectivity index (χ0v) is 31.2. The molecule has 0 saturated carbocycles. The smallest absolute Gasteiger partial charge is 0.164 e. The molecule has 6 heteroatoms. The Balaban J connectivity index is 1.02. The van der Waals surface area contributed by atoms with Crippen LogP contribution in [-0.4, -0.2) is 19.5 Å². The zero-order chi connectivity index (χ0) is 37.5. The zero-order valence-electron chi connectivity index (χ0n) is 30.4. The predicted octanol–water partition coefficient (Wildman–Crippen LogP) is 13.9. The van der Waals surface area contributed by atoms with Crippen LogP contribution in [0.3, 0.4) is 0 Å². The summed E-state index contributed by atoms with van der Waals surface area (Å²) in [6, 6.07) is 63.8. The molecule has 8 aromatic carbocycles. The van der Waals surface area contributed by atoms with Crippen molar-refractivity contribution in [1.82, 2.24) is 19.5 Å². The van der Waals surface area contributed by atoms with Gasteiger partial charge < -0.3 is 8.98 Å². The lowest BCUT2D eigenvalue weighted by Gasteiger charge is -2.10. The summed E-state index contributed by atoms with van der Waals surface area (Å²) in [5, 5.41) is 7.07. The Kier molecular flexibility index (Phi) is 7.03. The van der Waals surface area contributed by atoms with E-state index in [-0.39, 0.29) is 0 Å². The second-order valence-corrected chi connectivity index (χ2v) is 15.5. The molecule has 0 aliphatic rings. The quantitative estimate of drug-likeness (QED) is 0.176. The van der Waals surface area contributed by atoms with Gasteiger partial charge in [-0.1, -0.05) is 127 Å². The van der Waals surface area contributed by atoms with E-state index in [1.807, 2.05) is 84.1 Å². The first-order chi connectivity index (χ1) is 28.2. The summed E-state index contributed by atoms with van der Waals surface area (Å²) in [6.45, 7) is 0. The van der Waals surface area contributed by atoms with Crippen LogP contribution in [0, 0.1) is 0 Å². The molecule has 0 spiro atoms. The SMILES string of the molecule is c1ccc(-c2nc(-c3ccccc3)nc(-c3ccc4oc5c(-c6ccc7sc8cccc(-n9c%10ccccc%10c%10ccccc%109)c8c7c6)cccc5c4c3)n2)cc1. The van der Waals surface area contributed by atoms with E-state index in [4.69, 9.17) is 19.4 Å². The lowest BCUT2D eigenvalue weighted by molar-refractivity contribution is 0.670. The predicted molar refractivity (Wildman–Crippen MR) is 236 cm³/mol. The van der Waals surface area contributed by atoms with Crippen LogP contribution in [0.5, 0.6) is 0 Å². The van der Waals surface area contributed by atoms with Crippen LogP contribution in [-0.2, 0) is 0 Å². The molecule has 0 radical (unpaired) electrons. The molecule has 0 fully saturated rings. The van der Waals surface area contributed by atoms with Crippen LogP contribution < -0.4 is 0 Å². The third-order valence-electron chi connectivity index (χ3n) is 11.1. The van der Waals surface area contributed by atoms with Crippen LogP contribution in [0.4, 0.5) is 0 Å². The van der Waals surface area contributed by atoms with Crippen LogP contribution in [0.2, 0.25) is 0 Å². The molecule has 0 aliphatic carbocycles. The standard InChI is InChI=1S/C51H30N4OS/c1-3-13-31(14-4-1)49-52-50(32-15-5-2-6-16-32)54-51(53-49)34-25-27-44-39(30-34)38-20-11-19-35(48(38)56-44)33-26-28-45-40(29-33)47-43(23-12-24-46(47)57-45)55-41-21-9-7-17-36(41)37-18-8-10-22-42(37)55/h1-30H. The van der Waals surface area contributed by atoms with Crippen molar-refractivity contribution in [3.63, 3.8) is 0 Å². The maximum Gasteiger partial charge on any atom is 0.164 e. The second kappa shape index (κ2) is 12.6. The van der Waals surface area contributed by atoms with Gasteiger partial charge >= 0.3 is 0 Å². The second-order valence-electron chi connectivity index (χ2n) is 14.4. The van der Waals surface area contributed by atoms with E-state index in [0.717, 1.165) is 49.8 Å². The van der Waals surface area contributed by atoms with E-state index in [9.17, 15) is 0 Å². The summed E-state index contributed by atoms with van der Waals surface area (Å²) in [6.07, 6.45) is 0. The molecule has 0 bridgehead atoms. The van der Waals surface area contributed by atoms with Gasteiger partial charge in [0.05, 0.1) is 16.7 Å². The normalized spacial score (nSPS) is 11.9. The van der Waals surface area contributed by atoms with Gasteiger partial charge in [-0.25, -0.2) is 15.0 Å². The molecule has 12 aromatic rings. The van der Waals surface area contributed by atoms with Gasteiger partial charge in [0.15, 0.2) is 17.5 Å². The number of fused-ring (bicyclic) bond motifs is 9. The van der Waals surface area contributed by atoms with Crippen LogP contribution in [0.25, 0.3) is 115 Å². The van der Waals surface area contributed by atoms with Gasteiger partial charge in [-0.15, -0.1) is 11.3 Å². The summed E-state index contributed by atoms with van der Waals surface area (Å²) in [4.78, 5) is 14.9. The molecule has 4 aromatic heterocycles. The van der Waals surface area contributed by atoms with Gasteiger partial charge in [0.25, 0.3) is 0 Å². The van der Waals surface area contributed by atoms with Gasteiger partial charge in [0.1, 0.15) is 11.2 Å². The minimum atomic E-state index is 0.615. The molecule has 5 nitrogen and oxygen atoms in total. The average Bonchev–Trinajstić information content (AvgIpc) is 3.96. The highest BCUT2D eigenvalue weighted by Crippen LogP contribution is 2.44. The lowest BCUT2D eigenvalue weighted by atomic mass is 9.99. The van der Waals surface area contributed by atoms with Crippen molar-refractivity contribution in [3.05, 3.63) is 182 Å². The first-order valence-electron chi connectivity index (χ1n) is 19.0. The summed E-state index contributed by atoms with van der Waals surface area (Å²) < 4.78 is 11.7. The molecule has 266 valence electrons. The number of para-hydroxylation sites is 3. The van der Waals surface area contributed by atoms with Gasteiger partial charge in [-0.05, 0) is 60.2 Å². The van der Waals surface area contributed by atoms with Gasteiger partial charge in [0, 0.05) is 64.0 Å². The van der Waals surface area contributed by atoms with Gasteiger partial charge in [-0.2, -0.15) is 0 Å². The van der Waals surface area contributed by atoms with E-state index in [0.29, 0.717) is 17.5 Å². The number of rotatable bonds is 5. The molecule has 4 heterocycles. The van der Waals surface area contributed by atoms with E-state index in [1.165, 1.54) is 47.7 Å². The Hall–Kier alpha value is -7.41. The number of furan rings is 1. The summed E-state index contributed by atoms with van der Waals surface area (Å²) in [5.41, 5.74) is 10.2. The maximum absolute atomic E-state index is 6.72. The number of hydrogen-bond acceptors (Lipinski definition) is 5. The fraction of sp³-hybridized carbons (Fsp3) is 0. The minimum absolute atomic E-state index is 0.615. The first-order valence-corrected chi connectivity index (χ1v) is 19.8. The van der Waals surface area contributed by atoms with Gasteiger partial charge in [-0.3, -0.25) is 0 Å². The Labute approximate surface area is 330 Å². The van der Waals surface area contributed by atoms with Crippen LogP contribution in [0.1, 0.15) is 0 Å². The highest BCUT2D eigenvalue weighted by atomic mass is 32.1. The molecule has 12 rings (SSSR count). The Morgan fingerprint density at radius 3 is 1.68 bits per heavy atom. The third kappa shape index (κ3) is 5.04. The maximum atomic E-state index is 6.72. The molecule has 0 saturated heterocycles. The van der Waals surface area contributed by atoms with E-state index in [1.54, 1.807) is 0 Å². The van der Waals surface area contributed by atoms with Crippen molar-refractivity contribution in [3.8, 4) is 51.0 Å². The largest absolute Gasteiger partial charge is 0.455 e. The molecule has 0 atom stereocenters. The average molecular weight is 747 g/mol. The number of benzene rings is 8. The lowest BCUT2D eigenvalue weighted by Crippen LogP contribution is -2.00. The summed E-state index contributed by atoms with van der Waals surface area (Å²) in [5.74, 6) is 1.89. The number of aromatic nitrogens is 4. The number of hydrogen-bond donors (Lipinski definition) is 0. The Morgan fingerprint density at radius 1 is 0.404 bits per heavy atom. The Morgan fingerprint density at radius 2 is 0.982 bits per heavy atom. The highest BCUT2D eigenvalue weighted by molar-refractivity contribution is 7.25. The summed E-state index contributed by atoms with van der Waals surface area (Å²) in [7, 11) is 0. The van der Waals surface area contributed by atoms with Crippen LogP contribution in [0.15, 0.2) is 186 Å². The van der Waals surface area contributed by atoms with Crippen molar-refractivity contribution >= 4 is 75.3 Å². The first kappa shape index (κ1) is 31.9. The molecule has 57 heavy (non-hydrogen) atoms.